The van der Waals surface area contributed by atoms with Gasteiger partial charge in [-0.3, -0.25) is 4.90 Å². The molecule has 0 unspecified atom stereocenters. The predicted octanol–water partition coefficient (Wildman–Crippen LogP) is 2.28. The zero-order valence-corrected chi connectivity index (χ0v) is 12.6. The minimum absolute atomic E-state index is 0.0573. The highest BCUT2D eigenvalue weighted by molar-refractivity contribution is 6.32. The van der Waals surface area contributed by atoms with Crippen LogP contribution in [0.15, 0.2) is 24.3 Å². The van der Waals surface area contributed by atoms with E-state index in [2.05, 4.69) is 4.90 Å². The summed E-state index contributed by atoms with van der Waals surface area (Å²) in [5, 5.41) is 9.20. The van der Waals surface area contributed by atoms with E-state index in [-0.39, 0.29) is 12.7 Å². The molecule has 6 heteroatoms. The number of carboxylic acids is 1. The Morgan fingerprint density at radius 3 is 2.71 bits per heavy atom. The van der Waals surface area contributed by atoms with Gasteiger partial charge in [0.1, 0.15) is 19.0 Å². The van der Waals surface area contributed by atoms with Crippen molar-refractivity contribution in [2.24, 2.45) is 0 Å². The molecule has 1 saturated heterocycles. The van der Waals surface area contributed by atoms with Gasteiger partial charge in [-0.1, -0.05) is 23.7 Å². The van der Waals surface area contributed by atoms with Crippen LogP contribution in [0.5, 0.6) is 5.75 Å². The minimum atomic E-state index is -0.912. The maximum atomic E-state index is 10.4. The zero-order valence-electron chi connectivity index (χ0n) is 11.8. The number of para-hydroxylation sites is 1. The van der Waals surface area contributed by atoms with E-state index >= 15 is 0 Å². The molecule has 1 N–H and O–H groups in total. The third-order valence-electron chi connectivity index (χ3n) is 3.48. The number of piperidine rings is 1. The van der Waals surface area contributed by atoms with Gasteiger partial charge in [-0.25, -0.2) is 4.79 Å². The highest BCUT2D eigenvalue weighted by Crippen LogP contribution is 2.23. The summed E-state index contributed by atoms with van der Waals surface area (Å²) < 4.78 is 11.0. The summed E-state index contributed by atoms with van der Waals surface area (Å²) in [6.45, 7) is 3.01. The molecule has 0 spiro atoms. The van der Waals surface area contributed by atoms with Crippen molar-refractivity contribution in [3.8, 4) is 5.75 Å². The number of benzene rings is 1. The van der Waals surface area contributed by atoms with Crippen LogP contribution in [0.4, 0.5) is 0 Å². The zero-order chi connectivity index (χ0) is 15.1. The summed E-state index contributed by atoms with van der Waals surface area (Å²) in [4.78, 5) is 12.7. The van der Waals surface area contributed by atoms with Crippen LogP contribution >= 0.6 is 11.6 Å². The lowest BCUT2D eigenvalue weighted by Gasteiger charge is -2.31. The van der Waals surface area contributed by atoms with Crippen molar-refractivity contribution >= 4 is 17.6 Å². The van der Waals surface area contributed by atoms with E-state index in [0.717, 1.165) is 32.5 Å². The van der Waals surface area contributed by atoms with Gasteiger partial charge in [0.2, 0.25) is 0 Å². The molecule has 2 rings (SSSR count). The highest BCUT2D eigenvalue weighted by Gasteiger charge is 2.20. The van der Waals surface area contributed by atoms with Crippen LogP contribution < -0.4 is 4.74 Å². The van der Waals surface area contributed by atoms with Crippen LogP contribution in [0.2, 0.25) is 5.02 Å². The molecule has 0 bridgehead atoms. The van der Waals surface area contributed by atoms with E-state index in [1.165, 1.54) is 0 Å². The SMILES string of the molecule is O=C(O)COC1CCN(CCOc2ccccc2Cl)CC1. The smallest absolute Gasteiger partial charge is 0.329 e. The standard InChI is InChI=1S/C15H20ClNO4/c16-13-3-1-2-4-14(13)20-10-9-17-7-5-12(6-8-17)21-11-15(18)19/h1-4,12H,5-11H2,(H,18,19). The Labute approximate surface area is 129 Å². The number of nitrogens with zero attached hydrogens (tertiary/aromatic N) is 1. The first-order valence-corrected chi connectivity index (χ1v) is 7.46. The summed E-state index contributed by atoms with van der Waals surface area (Å²) in [5.74, 6) is -0.204. The largest absolute Gasteiger partial charge is 0.491 e. The summed E-state index contributed by atoms with van der Waals surface area (Å²) in [5.41, 5.74) is 0. The van der Waals surface area contributed by atoms with Gasteiger partial charge in [0.05, 0.1) is 11.1 Å². The molecule has 21 heavy (non-hydrogen) atoms. The molecule has 1 aromatic rings. The van der Waals surface area contributed by atoms with Crippen LogP contribution in [0.3, 0.4) is 0 Å². The Kier molecular flexibility index (Phi) is 6.29. The fourth-order valence-electron chi connectivity index (χ4n) is 2.34. The molecular formula is C15H20ClNO4. The van der Waals surface area contributed by atoms with Gasteiger partial charge >= 0.3 is 5.97 Å². The molecule has 0 aromatic heterocycles. The first-order chi connectivity index (χ1) is 10.1. The number of ether oxygens (including phenoxy) is 2. The molecular weight excluding hydrogens is 294 g/mol. The van der Waals surface area contributed by atoms with Crippen LogP contribution in [0.25, 0.3) is 0 Å². The van der Waals surface area contributed by atoms with Crippen LogP contribution in [-0.2, 0) is 9.53 Å². The van der Waals surface area contributed by atoms with Gasteiger partial charge in [0.15, 0.2) is 0 Å². The molecule has 1 fully saturated rings. The molecule has 1 aliphatic heterocycles. The second kappa shape index (κ2) is 8.22. The van der Waals surface area contributed by atoms with E-state index < -0.39 is 5.97 Å². The average molecular weight is 314 g/mol. The molecule has 1 heterocycles. The van der Waals surface area contributed by atoms with Gasteiger partial charge in [0, 0.05) is 19.6 Å². The monoisotopic (exact) mass is 313 g/mol. The Balaban J connectivity index is 1.63. The molecule has 116 valence electrons. The van der Waals surface area contributed by atoms with Crippen molar-refractivity contribution < 1.29 is 19.4 Å². The number of hydrogen-bond donors (Lipinski definition) is 1. The summed E-state index contributed by atoms with van der Waals surface area (Å²) in [7, 11) is 0. The third kappa shape index (κ3) is 5.53. The molecule has 1 aromatic carbocycles. The number of carbonyl (C=O) groups is 1. The van der Waals surface area contributed by atoms with Crippen molar-refractivity contribution in [3.63, 3.8) is 0 Å². The van der Waals surface area contributed by atoms with Crippen molar-refractivity contribution in [1.82, 2.24) is 4.90 Å². The van der Waals surface area contributed by atoms with Gasteiger partial charge in [-0.15, -0.1) is 0 Å². The van der Waals surface area contributed by atoms with E-state index in [1.54, 1.807) is 0 Å². The van der Waals surface area contributed by atoms with E-state index in [9.17, 15) is 4.79 Å². The maximum absolute atomic E-state index is 10.4. The summed E-state index contributed by atoms with van der Waals surface area (Å²) >= 11 is 6.02. The quantitative estimate of drug-likeness (QED) is 0.837. The molecule has 1 aliphatic rings. The lowest BCUT2D eigenvalue weighted by atomic mass is 10.1. The van der Waals surface area contributed by atoms with Gasteiger partial charge in [-0.2, -0.15) is 0 Å². The molecule has 5 nitrogen and oxygen atoms in total. The fraction of sp³-hybridized carbons (Fsp3) is 0.533. The Hall–Kier alpha value is -1.30. The summed E-state index contributed by atoms with van der Waals surface area (Å²) in [6.07, 6.45) is 1.78. The summed E-state index contributed by atoms with van der Waals surface area (Å²) in [6, 6.07) is 7.43. The Morgan fingerprint density at radius 1 is 1.33 bits per heavy atom. The molecule has 0 saturated carbocycles. The van der Waals surface area contributed by atoms with E-state index in [4.69, 9.17) is 26.2 Å². The maximum Gasteiger partial charge on any atom is 0.329 e. The molecule has 0 amide bonds. The third-order valence-corrected chi connectivity index (χ3v) is 3.79. The van der Waals surface area contributed by atoms with Gasteiger partial charge in [0.25, 0.3) is 0 Å². The second-order valence-electron chi connectivity index (χ2n) is 5.02. The minimum Gasteiger partial charge on any atom is -0.491 e. The first kappa shape index (κ1) is 16.1. The van der Waals surface area contributed by atoms with Crippen LogP contribution in [0.1, 0.15) is 12.8 Å². The van der Waals surface area contributed by atoms with Gasteiger partial charge in [-0.05, 0) is 25.0 Å². The predicted molar refractivity (Wildman–Crippen MR) is 80.0 cm³/mol. The van der Waals surface area contributed by atoms with E-state index in [0.29, 0.717) is 17.4 Å². The normalized spacial score (nSPS) is 16.8. The van der Waals surface area contributed by atoms with Crippen molar-refractivity contribution in [3.05, 3.63) is 29.3 Å². The number of carboxylic acid groups (broad SMARTS) is 1. The lowest BCUT2D eigenvalue weighted by Crippen LogP contribution is -2.39. The number of aliphatic carboxylic acids is 1. The van der Waals surface area contributed by atoms with E-state index in [1.807, 2.05) is 24.3 Å². The van der Waals surface area contributed by atoms with Gasteiger partial charge < -0.3 is 14.6 Å². The average Bonchev–Trinajstić information content (AvgIpc) is 2.48. The van der Waals surface area contributed by atoms with Crippen molar-refractivity contribution in [1.29, 1.82) is 0 Å². The second-order valence-corrected chi connectivity index (χ2v) is 5.43. The van der Waals surface area contributed by atoms with Crippen LogP contribution in [0, 0.1) is 0 Å². The number of hydrogen-bond acceptors (Lipinski definition) is 4. The van der Waals surface area contributed by atoms with Crippen LogP contribution in [-0.4, -0.2) is 54.9 Å². The van der Waals surface area contributed by atoms with Crippen molar-refractivity contribution in [2.75, 3.05) is 32.8 Å². The highest BCUT2D eigenvalue weighted by atomic mass is 35.5. The topological polar surface area (TPSA) is 59.0 Å². The Morgan fingerprint density at radius 2 is 2.05 bits per heavy atom. The lowest BCUT2D eigenvalue weighted by molar-refractivity contribution is -0.145. The van der Waals surface area contributed by atoms with Crippen molar-refractivity contribution in [2.45, 2.75) is 18.9 Å². The number of likely N-dealkylation sites (tertiary alicyclic amines) is 1. The Bertz CT molecular complexity index is 461. The fourth-order valence-corrected chi connectivity index (χ4v) is 2.53. The molecule has 0 atom stereocenters. The molecule has 0 aliphatic carbocycles. The molecule has 0 radical (unpaired) electrons. The number of rotatable bonds is 7. The number of halogens is 1. The first-order valence-electron chi connectivity index (χ1n) is 7.08.